The molecule has 0 aromatic heterocycles. The predicted octanol–water partition coefficient (Wildman–Crippen LogP) is 2.04. The van der Waals surface area contributed by atoms with E-state index in [1.54, 1.807) is 6.07 Å². The number of amides is 1. The van der Waals surface area contributed by atoms with Crippen LogP contribution in [0.1, 0.15) is 11.6 Å². The van der Waals surface area contributed by atoms with Crippen LogP contribution in [0.2, 0.25) is 0 Å². The average molecular weight is 248 g/mol. The van der Waals surface area contributed by atoms with E-state index in [4.69, 9.17) is 9.47 Å². The number of rotatable bonds is 2. The van der Waals surface area contributed by atoms with Gasteiger partial charge < -0.3 is 14.8 Å². The lowest BCUT2D eigenvalue weighted by Crippen LogP contribution is -2.18. The first-order valence-electron chi connectivity index (χ1n) is 4.47. The van der Waals surface area contributed by atoms with E-state index < -0.39 is 11.9 Å². The van der Waals surface area contributed by atoms with Crippen molar-refractivity contribution in [1.29, 1.82) is 0 Å². The lowest BCUT2D eigenvalue weighted by molar-refractivity contribution is 0.177. The van der Waals surface area contributed by atoms with Crippen LogP contribution in [0.4, 0.5) is 9.18 Å². The Morgan fingerprint density at radius 3 is 2.81 bits per heavy atom. The molecule has 88 valence electrons. The second-order valence-corrected chi connectivity index (χ2v) is 3.19. The molecule has 0 saturated carbocycles. The predicted molar refractivity (Wildman–Crippen MR) is 57.4 cm³/mol. The van der Waals surface area contributed by atoms with E-state index in [1.165, 1.54) is 19.2 Å². The number of ether oxygens (including phenoxy) is 2. The fourth-order valence-electron chi connectivity index (χ4n) is 1.46. The molecular formula is C10H11ClFNO3. The third-order valence-electron chi connectivity index (χ3n) is 2.25. The van der Waals surface area contributed by atoms with Gasteiger partial charge in [0.2, 0.25) is 0 Å². The SMILES string of the molecule is COc1ccc([C@H]2COC(=O)N2)cc1F.Cl. The fourth-order valence-corrected chi connectivity index (χ4v) is 1.46. The monoisotopic (exact) mass is 247 g/mol. The summed E-state index contributed by atoms with van der Waals surface area (Å²) in [5.41, 5.74) is 0.666. The molecule has 0 radical (unpaired) electrons. The van der Waals surface area contributed by atoms with E-state index in [9.17, 15) is 9.18 Å². The highest BCUT2D eigenvalue weighted by Gasteiger charge is 2.24. The summed E-state index contributed by atoms with van der Waals surface area (Å²) in [6, 6.07) is 4.27. The minimum absolute atomic E-state index is 0. The Labute approximate surface area is 98.1 Å². The molecule has 1 aliphatic heterocycles. The van der Waals surface area contributed by atoms with Gasteiger partial charge in [-0.3, -0.25) is 0 Å². The second-order valence-electron chi connectivity index (χ2n) is 3.19. The molecule has 1 N–H and O–H groups in total. The van der Waals surface area contributed by atoms with E-state index in [0.717, 1.165) is 0 Å². The van der Waals surface area contributed by atoms with Gasteiger partial charge in [-0.05, 0) is 17.7 Å². The lowest BCUT2D eigenvalue weighted by Gasteiger charge is -2.09. The van der Waals surface area contributed by atoms with Crippen molar-refractivity contribution in [3.8, 4) is 5.75 Å². The van der Waals surface area contributed by atoms with Crippen LogP contribution < -0.4 is 10.1 Å². The summed E-state index contributed by atoms with van der Waals surface area (Å²) in [7, 11) is 1.40. The van der Waals surface area contributed by atoms with Gasteiger partial charge in [-0.2, -0.15) is 0 Å². The fraction of sp³-hybridized carbons (Fsp3) is 0.300. The summed E-state index contributed by atoms with van der Waals surface area (Å²) in [4.78, 5) is 10.8. The molecule has 1 amide bonds. The molecule has 1 aromatic carbocycles. The van der Waals surface area contributed by atoms with Crippen LogP contribution in [0.25, 0.3) is 0 Å². The highest BCUT2D eigenvalue weighted by molar-refractivity contribution is 5.85. The minimum atomic E-state index is -0.476. The van der Waals surface area contributed by atoms with Crippen molar-refractivity contribution in [3.63, 3.8) is 0 Å². The summed E-state index contributed by atoms with van der Waals surface area (Å²) in [5, 5.41) is 2.57. The molecule has 1 heterocycles. The molecule has 0 aliphatic carbocycles. The van der Waals surface area contributed by atoms with E-state index in [2.05, 4.69) is 5.32 Å². The molecule has 16 heavy (non-hydrogen) atoms. The number of methoxy groups -OCH3 is 1. The van der Waals surface area contributed by atoms with Crippen molar-refractivity contribution in [2.45, 2.75) is 6.04 Å². The maximum Gasteiger partial charge on any atom is 0.407 e. The molecular weight excluding hydrogens is 237 g/mol. The number of hydrogen-bond acceptors (Lipinski definition) is 3. The number of benzene rings is 1. The van der Waals surface area contributed by atoms with Crippen LogP contribution in [-0.2, 0) is 4.74 Å². The van der Waals surface area contributed by atoms with Crippen molar-refractivity contribution in [1.82, 2.24) is 5.32 Å². The van der Waals surface area contributed by atoms with Crippen molar-refractivity contribution in [2.24, 2.45) is 0 Å². The normalized spacial score (nSPS) is 18.4. The summed E-state index contributed by atoms with van der Waals surface area (Å²) >= 11 is 0. The quantitative estimate of drug-likeness (QED) is 0.870. The molecule has 1 saturated heterocycles. The zero-order valence-corrected chi connectivity index (χ0v) is 9.34. The third kappa shape index (κ3) is 2.36. The summed E-state index contributed by atoms with van der Waals surface area (Å²) in [5.74, 6) is -0.264. The molecule has 0 spiro atoms. The van der Waals surface area contributed by atoms with Gasteiger partial charge in [0, 0.05) is 0 Å². The first kappa shape index (κ1) is 12.6. The van der Waals surface area contributed by atoms with E-state index in [1.807, 2.05) is 0 Å². The number of carbonyl (C=O) groups excluding carboxylic acids is 1. The summed E-state index contributed by atoms with van der Waals surface area (Å²) in [6.45, 7) is 0.227. The van der Waals surface area contributed by atoms with Crippen LogP contribution in [0.3, 0.4) is 0 Å². The number of nitrogens with one attached hydrogen (secondary N) is 1. The first-order chi connectivity index (χ1) is 7.20. The Morgan fingerprint density at radius 2 is 2.31 bits per heavy atom. The topological polar surface area (TPSA) is 47.6 Å². The van der Waals surface area contributed by atoms with Crippen LogP contribution in [0, 0.1) is 5.82 Å². The molecule has 1 fully saturated rings. The first-order valence-corrected chi connectivity index (χ1v) is 4.47. The highest BCUT2D eigenvalue weighted by Crippen LogP contribution is 2.23. The maximum absolute atomic E-state index is 13.3. The van der Waals surface area contributed by atoms with E-state index in [-0.39, 0.29) is 30.8 Å². The zero-order chi connectivity index (χ0) is 10.8. The van der Waals surface area contributed by atoms with Gasteiger partial charge in [0.1, 0.15) is 6.61 Å². The summed E-state index contributed by atoms with van der Waals surface area (Å²) in [6.07, 6.45) is -0.476. The summed E-state index contributed by atoms with van der Waals surface area (Å²) < 4.78 is 22.8. The van der Waals surface area contributed by atoms with Crippen molar-refractivity contribution in [3.05, 3.63) is 29.6 Å². The third-order valence-corrected chi connectivity index (χ3v) is 2.25. The van der Waals surface area contributed by atoms with Gasteiger partial charge in [-0.15, -0.1) is 12.4 Å². The number of cyclic esters (lactones) is 1. The Kier molecular flexibility index (Phi) is 3.95. The Morgan fingerprint density at radius 1 is 1.56 bits per heavy atom. The van der Waals surface area contributed by atoms with Crippen LogP contribution in [0.15, 0.2) is 18.2 Å². The zero-order valence-electron chi connectivity index (χ0n) is 8.53. The van der Waals surface area contributed by atoms with Crippen molar-refractivity contribution in [2.75, 3.05) is 13.7 Å². The molecule has 4 nitrogen and oxygen atoms in total. The largest absolute Gasteiger partial charge is 0.494 e. The second kappa shape index (κ2) is 5.03. The maximum atomic E-state index is 13.3. The number of hydrogen-bond donors (Lipinski definition) is 1. The van der Waals surface area contributed by atoms with Crippen molar-refractivity contribution < 1.29 is 18.7 Å². The van der Waals surface area contributed by atoms with Gasteiger partial charge >= 0.3 is 6.09 Å². The molecule has 6 heteroatoms. The van der Waals surface area contributed by atoms with Crippen LogP contribution >= 0.6 is 12.4 Å². The van der Waals surface area contributed by atoms with Gasteiger partial charge in [-0.1, -0.05) is 6.07 Å². The van der Waals surface area contributed by atoms with E-state index >= 15 is 0 Å². The molecule has 1 aromatic rings. The van der Waals surface area contributed by atoms with Crippen LogP contribution in [0.5, 0.6) is 5.75 Å². The van der Waals surface area contributed by atoms with Gasteiger partial charge in [0.25, 0.3) is 0 Å². The number of carbonyl (C=O) groups is 1. The smallest absolute Gasteiger partial charge is 0.407 e. The molecule has 0 unspecified atom stereocenters. The molecule has 1 aliphatic rings. The Hall–Kier alpha value is -1.49. The van der Waals surface area contributed by atoms with Crippen LogP contribution in [-0.4, -0.2) is 19.8 Å². The number of alkyl carbamates (subject to hydrolysis) is 1. The highest BCUT2D eigenvalue weighted by atomic mass is 35.5. The van der Waals surface area contributed by atoms with Gasteiger partial charge in [0.15, 0.2) is 11.6 Å². The standard InChI is InChI=1S/C10H10FNO3.ClH/c1-14-9-3-2-6(4-7(9)11)8-5-15-10(13)12-8;/h2-4,8H,5H2,1H3,(H,12,13);1H/t8-;/m1./s1. The molecule has 1 atom stereocenters. The molecule has 0 bridgehead atoms. The minimum Gasteiger partial charge on any atom is -0.494 e. The van der Waals surface area contributed by atoms with Gasteiger partial charge in [-0.25, -0.2) is 9.18 Å². The van der Waals surface area contributed by atoms with E-state index in [0.29, 0.717) is 5.56 Å². The van der Waals surface area contributed by atoms with Gasteiger partial charge in [0.05, 0.1) is 13.2 Å². The molecule has 2 rings (SSSR count). The van der Waals surface area contributed by atoms with Crippen molar-refractivity contribution >= 4 is 18.5 Å². The number of halogens is 2. The Bertz CT molecular complexity index is 400. The average Bonchev–Trinajstić information content (AvgIpc) is 2.65. The lowest BCUT2D eigenvalue weighted by atomic mass is 10.1. The Balaban J connectivity index is 0.00000128.